The average Bonchev–Trinajstić information content (AvgIpc) is 3.29. The molecule has 2 aliphatic heterocycles. The highest BCUT2D eigenvalue weighted by Crippen LogP contribution is 2.52. The fraction of sp³-hybridized carbons (Fsp3) is 0.217. The summed E-state index contributed by atoms with van der Waals surface area (Å²) in [6.45, 7) is -0.332. The van der Waals surface area contributed by atoms with Crippen LogP contribution < -0.4 is 9.61 Å². The van der Waals surface area contributed by atoms with Crippen molar-refractivity contribution in [2.75, 3.05) is 6.54 Å². The van der Waals surface area contributed by atoms with Gasteiger partial charge in [0.1, 0.15) is 24.2 Å². The lowest BCUT2D eigenvalue weighted by Crippen LogP contribution is -2.36. The van der Waals surface area contributed by atoms with Gasteiger partial charge in [0, 0.05) is 15.8 Å². The van der Waals surface area contributed by atoms with Crippen molar-refractivity contribution < 1.29 is 24.2 Å². The number of halogens is 1. The summed E-state index contributed by atoms with van der Waals surface area (Å²) in [5, 5.41) is 9.55. The molecule has 2 amide bonds. The number of nitrogens with one attached hydrogen (secondary N) is 1. The molecule has 1 fully saturated rings. The summed E-state index contributed by atoms with van der Waals surface area (Å²) in [6.07, 6.45) is 0. The number of aromatic nitrogens is 1. The van der Waals surface area contributed by atoms with Gasteiger partial charge in [-0.05, 0) is 35.4 Å². The number of carboxylic acid groups (broad SMARTS) is 1. The van der Waals surface area contributed by atoms with Gasteiger partial charge in [-0.15, -0.1) is 0 Å². The van der Waals surface area contributed by atoms with E-state index in [0.717, 1.165) is 39.1 Å². The number of rotatable bonds is 6. The molecule has 0 unspecified atom stereocenters. The highest BCUT2D eigenvalue weighted by Gasteiger charge is 2.56. The molecule has 8 nitrogen and oxygen atoms in total. The van der Waals surface area contributed by atoms with E-state index >= 15 is 0 Å². The maximum absolute atomic E-state index is 13.1. The van der Waals surface area contributed by atoms with Crippen molar-refractivity contribution in [1.29, 1.82) is 0 Å². The van der Waals surface area contributed by atoms with E-state index in [-0.39, 0.29) is 4.87 Å². The lowest BCUT2D eigenvalue weighted by atomic mass is 9.83. The number of likely N-dealkylation sites (tertiary alicyclic amines) is 1. The molecule has 0 radical (unpaired) electrons. The number of benzene rings is 2. The van der Waals surface area contributed by atoms with Crippen LogP contribution in [0.1, 0.15) is 21.9 Å². The van der Waals surface area contributed by atoms with Crippen molar-refractivity contribution in [2.45, 2.75) is 22.8 Å². The second-order valence-electron chi connectivity index (χ2n) is 7.89. The molecule has 11 heteroatoms. The fourth-order valence-electron chi connectivity index (χ4n) is 4.24. The number of carbonyl (C=O) groups excluding carboxylic acids is 2. The van der Waals surface area contributed by atoms with Crippen LogP contribution in [0.15, 0.2) is 58.4 Å². The van der Waals surface area contributed by atoms with Gasteiger partial charge in [0.05, 0.1) is 10.9 Å². The standard InChI is InChI=1S/C23H17ClN2O6S2/c24-13-5-1-11(2-6-13)10-32-14-7-3-12(4-8-14)16-17-19(33-20-18(16)34-23(31)25-20)22(30)26(21(17)29)9-15(27)28/h1-8,16-17,19H,9-10H2,(H,25,31)(H,27,28)/t16-,17+,19-/m0/s1. The van der Waals surface area contributed by atoms with Gasteiger partial charge in [-0.2, -0.15) is 0 Å². The van der Waals surface area contributed by atoms with E-state index in [1.54, 1.807) is 36.4 Å². The largest absolute Gasteiger partial charge is 0.489 e. The second kappa shape index (κ2) is 8.94. The van der Waals surface area contributed by atoms with E-state index in [4.69, 9.17) is 21.4 Å². The molecule has 0 bridgehead atoms. The summed E-state index contributed by atoms with van der Waals surface area (Å²) < 4.78 is 5.84. The Hall–Kier alpha value is -3.08. The topological polar surface area (TPSA) is 117 Å². The number of nitrogens with zero attached hydrogens (tertiary/aromatic N) is 1. The molecular formula is C23H17ClN2O6S2. The molecule has 3 heterocycles. The van der Waals surface area contributed by atoms with Gasteiger partial charge in [0.25, 0.3) is 0 Å². The zero-order valence-electron chi connectivity index (χ0n) is 17.4. The number of thiazole rings is 1. The summed E-state index contributed by atoms with van der Waals surface area (Å²) in [5.74, 6) is -3.07. The quantitative estimate of drug-likeness (QED) is 0.482. The number of carbonyl (C=O) groups is 3. The van der Waals surface area contributed by atoms with Gasteiger partial charge in [-0.3, -0.25) is 24.1 Å². The molecule has 0 spiro atoms. The lowest BCUT2D eigenvalue weighted by Gasteiger charge is -2.29. The molecule has 2 aromatic carbocycles. The summed E-state index contributed by atoms with van der Waals surface area (Å²) >= 11 is 8.02. The summed E-state index contributed by atoms with van der Waals surface area (Å²) in [4.78, 5) is 53.3. The van der Waals surface area contributed by atoms with Crippen molar-refractivity contribution in [1.82, 2.24) is 9.88 Å². The van der Waals surface area contributed by atoms with Crippen LogP contribution in [0.25, 0.3) is 0 Å². The van der Waals surface area contributed by atoms with Crippen LogP contribution in [-0.2, 0) is 21.0 Å². The van der Waals surface area contributed by atoms with Crippen LogP contribution in [0.2, 0.25) is 5.02 Å². The molecule has 1 aromatic heterocycles. The van der Waals surface area contributed by atoms with Gasteiger partial charge >= 0.3 is 10.8 Å². The number of H-pyrrole nitrogens is 1. The molecule has 3 atom stereocenters. The Morgan fingerprint density at radius 1 is 1.06 bits per heavy atom. The number of aromatic amines is 1. The minimum Gasteiger partial charge on any atom is -0.489 e. The number of hydrogen-bond acceptors (Lipinski definition) is 7. The first-order chi connectivity index (χ1) is 16.3. The minimum atomic E-state index is -1.26. The maximum Gasteiger partial charge on any atom is 0.323 e. The van der Waals surface area contributed by atoms with Crippen LogP contribution in [0.4, 0.5) is 0 Å². The predicted octanol–water partition coefficient (Wildman–Crippen LogP) is 3.34. The molecule has 0 saturated carbocycles. The molecule has 0 aliphatic carbocycles. The molecule has 3 aromatic rings. The van der Waals surface area contributed by atoms with E-state index in [1.165, 1.54) is 0 Å². The van der Waals surface area contributed by atoms with Crippen LogP contribution in [0, 0.1) is 5.92 Å². The van der Waals surface area contributed by atoms with Crippen molar-refractivity contribution in [3.63, 3.8) is 0 Å². The smallest absolute Gasteiger partial charge is 0.323 e. The highest BCUT2D eigenvalue weighted by molar-refractivity contribution is 8.00. The number of hydrogen-bond donors (Lipinski definition) is 2. The maximum atomic E-state index is 13.1. The Labute approximate surface area is 206 Å². The van der Waals surface area contributed by atoms with Crippen molar-refractivity contribution in [3.8, 4) is 5.75 Å². The molecule has 174 valence electrons. The zero-order chi connectivity index (χ0) is 24.0. The molecule has 2 N–H and O–H groups in total. The number of thioether (sulfide) groups is 1. The van der Waals surface area contributed by atoms with Crippen molar-refractivity contribution in [2.24, 2.45) is 5.92 Å². The van der Waals surface area contributed by atoms with E-state index in [9.17, 15) is 19.2 Å². The number of aliphatic carboxylic acids is 1. The van der Waals surface area contributed by atoms with Gasteiger partial charge in [-0.25, -0.2) is 0 Å². The van der Waals surface area contributed by atoms with Gasteiger partial charge < -0.3 is 14.8 Å². The third-order valence-electron chi connectivity index (χ3n) is 5.77. The van der Waals surface area contributed by atoms with E-state index < -0.39 is 41.4 Å². The Morgan fingerprint density at radius 2 is 1.76 bits per heavy atom. The first-order valence-electron chi connectivity index (χ1n) is 10.3. The van der Waals surface area contributed by atoms with Crippen molar-refractivity contribution in [3.05, 3.63) is 79.2 Å². The van der Waals surface area contributed by atoms with E-state index in [1.807, 2.05) is 12.1 Å². The summed E-state index contributed by atoms with van der Waals surface area (Å²) in [7, 11) is 0. The highest BCUT2D eigenvalue weighted by atomic mass is 35.5. The summed E-state index contributed by atoms with van der Waals surface area (Å²) in [5.41, 5.74) is 1.69. The number of fused-ring (bicyclic) bond motifs is 2. The van der Waals surface area contributed by atoms with Crippen LogP contribution in [0.5, 0.6) is 5.75 Å². The third-order valence-corrected chi connectivity index (χ3v) is 8.42. The van der Waals surface area contributed by atoms with Crippen LogP contribution in [0.3, 0.4) is 0 Å². The van der Waals surface area contributed by atoms with Crippen LogP contribution >= 0.6 is 34.7 Å². The lowest BCUT2D eigenvalue weighted by molar-refractivity contribution is -0.149. The Kier molecular flexibility index (Phi) is 5.97. The normalized spacial score (nSPS) is 21.3. The Bertz CT molecular complexity index is 1330. The first-order valence-corrected chi connectivity index (χ1v) is 12.3. The monoisotopic (exact) mass is 516 g/mol. The van der Waals surface area contributed by atoms with E-state index in [0.29, 0.717) is 27.3 Å². The molecular weight excluding hydrogens is 500 g/mol. The minimum absolute atomic E-state index is 0.271. The van der Waals surface area contributed by atoms with Gasteiger partial charge in [0.2, 0.25) is 11.8 Å². The van der Waals surface area contributed by atoms with Crippen LogP contribution in [-0.4, -0.2) is 44.6 Å². The SMILES string of the molecule is O=C(O)CN1C(=O)[C@@H]2[C@H](c3ccc(OCc4ccc(Cl)cc4)cc3)c3sc(=O)[nH]c3S[C@@H]2C1=O. The van der Waals surface area contributed by atoms with Crippen molar-refractivity contribution >= 4 is 52.5 Å². The molecule has 5 rings (SSSR count). The Balaban J connectivity index is 1.44. The van der Waals surface area contributed by atoms with Gasteiger partial charge in [-0.1, -0.05) is 59.0 Å². The number of ether oxygens (including phenoxy) is 1. The van der Waals surface area contributed by atoms with E-state index in [2.05, 4.69) is 4.98 Å². The molecule has 34 heavy (non-hydrogen) atoms. The summed E-state index contributed by atoms with van der Waals surface area (Å²) in [6, 6.07) is 14.5. The predicted molar refractivity (Wildman–Crippen MR) is 126 cm³/mol. The Morgan fingerprint density at radius 3 is 2.44 bits per heavy atom. The number of imide groups is 1. The first kappa shape index (κ1) is 22.7. The average molecular weight is 517 g/mol. The second-order valence-corrected chi connectivity index (χ2v) is 10.5. The number of amides is 2. The third kappa shape index (κ3) is 4.13. The number of carboxylic acids is 1. The molecule has 1 saturated heterocycles. The zero-order valence-corrected chi connectivity index (χ0v) is 19.8. The molecule has 2 aliphatic rings. The van der Waals surface area contributed by atoms with Gasteiger partial charge in [0.15, 0.2) is 0 Å². The fourth-order valence-corrected chi connectivity index (χ4v) is 6.91.